The monoisotopic (exact) mass is 298 g/mol. The van der Waals surface area contributed by atoms with Crippen molar-refractivity contribution < 1.29 is 0 Å². The van der Waals surface area contributed by atoms with Crippen LogP contribution < -0.4 is 5.32 Å². The molecule has 2 rings (SSSR count). The Morgan fingerprint density at radius 2 is 1.75 bits per heavy atom. The van der Waals surface area contributed by atoms with Gasteiger partial charge < -0.3 is 10.2 Å². The molecule has 0 spiro atoms. The molecule has 0 aromatic heterocycles. The molecule has 0 radical (unpaired) electrons. The number of hydrogen-bond donors (Lipinski definition) is 1. The minimum Gasteiger partial charge on any atom is -0.316 e. The summed E-state index contributed by atoms with van der Waals surface area (Å²) in [5, 5.41) is 5.36. The lowest BCUT2D eigenvalue weighted by atomic mass is 9.85. The van der Waals surface area contributed by atoms with Gasteiger partial charge in [-0.2, -0.15) is 11.8 Å². The molecule has 0 aromatic rings. The van der Waals surface area contributed by atoms with Gasteiger partial charge in [0, 0.05) is 36.7 Å². The summed E-state index contributed by atoms with van der Waals surface area (Å²) in [5.41, 5.74) is 0.566. The van der Waals surface area contributed by atoms with Crippen molar-refractivity contribution in [2.75, 3.05) is 32.7 Å². The van der Waals surface area contributed by atoms with Gasteiger partial charge in [-0.1, -0.05) is 40.5 Å². The van der Waals surface area contributed by atoms with E-state index < -0.39 is 0 Å². The molecule has 2 unspecified atom stereocenters. The molecule has 1 N–H and O–H groups in total. The first-order valence-electron chi connectivity index (χ1n) is 8.58. The Balaban J connectivity index is 1.87. The van der Waals surface area contributed by atoms with Crippen molar-refractivity contribution in [2.45, 2.75) is 63.9 Å². The molecular formula is C17H34N2S. The van der Waals surface area contributed by atoms with Crippen LogP contribution in [0.15, 0.2) is 0 Å². The van der Waals surface area contributed by atoms with Crippen molar-refractivity contribution in [2.24, 2.45) is 11.3 Å². The molecule has 20 heavy (non-hydrogen) atoms. The molecule has 2 aliphatic rings. The summed E-state index contributed by atoms with van der Waals surface area (Å²) in [6.07, 6.45) is 5.75. The SMILES string of the molecule is CC(C)CNCC1(CN2CC(C)SC(C)C2)CCCC1. The van der Waals surface area contributed by atoms with Crippen LogP contribution in [0, 0.1) is 11.3 Å². The highest BCUT2D eigenvalue weighted by atomic mass is 32.2. The second kappa shape index (κ2) is 7.51. The summed E-state index contributed by atoms with van der Waals surface area (Å²) in [4.78, 5) is 2.76. The Morgan fingerprint density at radius 3 is 2.30 bits per heavy atom. The van der Waals surface area contributed by atoms with Gasteiger partial charge in [-0.25, -0.2) is 0 Å². The molecular weight excluding hydrogens is 264 g/mol. The van der Waals surface area contributed by atoms with Crippen LogP contribution in [0.3, 0.4) is 0 Å². The van der Waals surface area contributed by atoms with Crippen molar-refractivity contribution in [3.8, 4) is 0 Å². The molecule has 2 fully saturated rings. The maximum absolute atomic E-state index is 3.75. The largest absolute Gasteiger partial charge is 0.316 e. The zero-order valence-corrected chi connectivity index (χ0v) is 14.8. The summed E-state index contributed by atoms with van der Waals surface area (Å²) in [5.74, 6) is 0.764. The van der Waals surface area contributed by atoms with E-state index in [1.807, 2.05) is 0 Å². The van der Waals surface area contributed by atoms with Crippen LogP contribution in [0.1, 0.15) is 53.4 Å². The lowest BCUT2D eigenvalue weighted by molar-refractivity contribution is 0.146. The van der Waals surface area contributed by atoms with Crippen LogP contribution in [-0.2, 0) is 0 Å². The molecule has 1 saturated carbocycles. The van der Waals surface area contributed by atoms with Gasteiger partial charge in [0.05, 0.1) is 0 Å². The fourth-order valence-corrected chi connectivity index (χ4v) is 5.42. The fourth-order valence-electron chi connectivity index (χ4n) is 4.03. The lowest BCUT2D eigenvalue weighted by Crippen LogP contribution is -2.48. The van der Waals surface area contributed by atoms with Gasteiger partial charge >= 0.3 is 0 Å². The van der Waals surface area contributed by atoms with Gasteiger partial charge in [0.25, 0.3) is 0 Å². The molecule has 2 nitrogen and oxygen atoms in total. The van der Waals surface area contributed by atoms with Gasteiger partial charge in [0.15, 0.2) is 0 Å². The molecule has 2 atom stereocenters. The quantitative estimate of drug-likeness (QED) is 0.806. The fraction of sp³-hybridized carbons (Fsp3) is 1.00. The highest BCUT2D eigenvalue weighted by Crippen LogP contribution is 2.39. The van der Waals surface area contributed by atoms with E-state index in [0.717, 1.165) is 16.4 Å². The summed E-state index contributed by atoms with van der Waals surface area (Å²) >= 11 is 2.17. The van der Waals surface area contributed by atoms with E-state index >= 15 is 0 Å². The first-order chi connectivity index (χ1) is 9.49. The van der Waals surface area contributed by atoms with Gasteiger partial charge in [0.1, 0.15) is 0 Å². The smallest absolute Gasteiger partial charge is 0.0149 e. The predicted octanol–water partition coefficient (Wildman–Crippen LogP) is 3.62. The Bertz CT molecular complexity index is 277. The van der Waals surface area contributed by atoms with E-state index in [1.54, 1.807) is 0 Å². The number of nitrogens with zero attached hydrogens (tertiary/aromatic N) is 1. The van der Waals surface area contributed by atoms with Crippen LogP contribution >= 0.6 is 11.8 Å². The molecule has 3 heteroatoms. The summed E-state index contributed by atoms with van der Waals surface area (Å²) in [6, 6.07) is 0. The highest BCUT2D eigenvalue weighted by molar-refractivity contribution is 8.00. The topological polar surface area (TPSA) is 15.3 Å². The zero-order chi connectivity index (χ0) is 14.6. The van der Waals surface area contributed by atoms with Gasteiger partial charge in [-0.15, -0.1) is 0 Å². The maximum Gasteiger partial charge on any atom is 0.0149 e. The van der Waals surface area contributed by atoms with E-state index in [1.165, 1.54) is 58.4 Å². The summed E-state index contributed by atoms with van der Waals surface area (Å²) in [7, 11) is 0. The first-order valence-corrected chi connectivity index (χ1v) is 9.52. The first kappa shape index (κ1) is 16.6. The van der Waals surface area contributed by atoms with E-state index in [9.17, 15) is 0 Å². The van der Waals surface area contributed by atoms with Gasteiger partial charge in [-0.05, 0) is 30.7 Å². The molecule has 118 valence electrons. The van der Waals surface area contributed by atoms with Crippen molar-refractivity contribution >= 4 is 11.8 Å². The van der Waals surface area contributed by atoms with E-state index in [2.05, 4.69) is 49.7 Å². The van der Waals surface area contributed by atoms with E-state index in [0.29, 0.717) is 5.41 Å². The number of thioether (sulfide) groups is 1. The number of nitrogens with one attached hydrogen (secondary N) is 1. The third-order valence-electron chi connectivity index (χ3n) is 4.77. The van der Waals surface area contributed by atoms with Crippen LogP contribution in [0.5, 0.6) is 0 Å². The molecule has 0 aromatic carbocycles. The second-order valence-electron chi connectivity index (χ2n) is 7.68. The minimum atomic E-state index is 0.566. The van der Waals surface area contributed by atoms with Crippen LogP contribution in [0.2, 0.25) is 0 Å². The van der Waals surface area contributed by atoms with E-state index in [4.69, 9.17) is 0 Å². The van der Waals surface area contributed by atoms with E-state index in [-0.39, 0.29) is 0 Å². The standard InChI is InChI=1S/C17H34N2S/c1-14(2)9-18-12-17(7-5-6-8-17)13-19-10-15(3)20-16(4)11-19/h14-16,18H,5-13H2,1-4H3. The Hall–Kier alpha value is 0.270. The molecule has 1 aliphatic carbocycles. The molecule has 1 aliphatic heterocycles. The molecule has 1 heterocycles. The Labute approximate surface area is 130 Å². The van der Waals surface area contributed by atoms with Crippen LogP contribution in [0.25, 0.3) is 0 Å². The van der Waals surface area contributed by atoms with Crippen molar-refractivity contribution in [1.29, 1.82) is 0 Å². The van der Waals surface area contributed by atoms with Crippen molar-refractivity contribution in [3.05, 3.63) is 0 Å². The zero-order valence-electron chi connectivity index (χ0n) is 14.0. The molecule has 0 bridgehead atoms. The maximum atomic E-state index is 3.75. The Morgan fingerprint density at radius 1 is 1.15 bits per heavy atom. The second-order valence-corrected chi connectivity index (χ2v) is 9.56. The highest BCUT2D eigenvalue weighted by Gasteiger charge is 2.36. The lowest BCUT2D eigenvalue weighted by Gasteiger charge is -2.41. The van der Waals surface area contributed by atoms with Gasteiger partial charge in [-0.3, -0.25) is 0 Å². The normalized spacial score (nSPS) is 31.1. The Kier molecular flexibility index (Phi) is 6.25. The van der Waals surface area contributed by atoms with Crippen LogP contribution in [0.4, 0.5) is 0 Å². The third-order valence-corrected chi connectivity index (χ3v) is 6.00. The van der Waals surface area contributed by atoms with Crippen molar-refractivity contribution in [1.82, 2.24) is 10.2 Å². The average molecular weight is 299 g/mol. The molecule has 1 saturated heterocycles. The molecule has 0 amide bonds. The van der Waals surface area contributed by atoms with Gasteiger partial charge in [0.2, 0.25) is 0 Å². The number of rotatable bonds is 6. The summed E-state index contributed by atoms with van der Waals surface area (Å²) < 4.78 is 0. The summed E-state index contributed by atoms with van der Waals surface area (Å²) in [6.45, 7) is 15.7. The van der Waals surface area contributed by atoms with Crippen LogP contribution in [-0.4, -0.2) is 48.1 Å². The predicted molar refractivity (Wildman–Crippen MR) is 91.6 cm³/mol. The van der Waals surface area contributed by atoms with Crippen molar-refractivity contribution in [3.63, 3.8) is 0 Å². The third kappa shape index (κ3) is 4.92. The minimum absolute atomic E-state index is 0.566. The average Bonchev–Trinajstić information content (AvgIpc) is 2.75. The number of hydrogen-bond acceptors (Lipinski definition) is 3.